The predicted molar refractivity (Wildman–Crippen MR) is 113 cm³/mol. The Morgan fingerprint density at radius 1 is 0.931 bits per heavy atom. The lowest BCUT2D eigenvalue weighted by Gasteiger charge is -2.27. The third kappa shape index (κ3) is 3.75. The number of para-hydroxylation sites is 2. The van der Waals surface area contributed by atoms with Gasteiger partial charge in [0, 0.05) is 28.6 Å². The fourth-order valence-corrected chi connectivity index (χ4v) is 4.66. The van der Waals surface area contributed by atoms with E-state index < -0.39 is 15.4 Å². The van der Waals surface area contributed by atoms with Crippen LogP contribution in [0.2, 0.25) is 0 Å². The Morgan fingerprint density at radius 2 is 1.59 bits per heavy atom. The van der Waals surface area contributed by atoms with Crippen LogP contribution in [0.4, 0.5) is 5.69 Å². The third-order valence-electron chi connectivity index (χ3n) is 5.08. The molecule has 0 saturated carbocycles. The standard InChI is InChI=1S/C16H13NO3S.C6H8N2/c18-21(19,20)15-9-14-16(11-6-2-1-5-10(11)15)12-7-3-4-8-13(12)17-14;7-8-6-4-2-1-3-5-6/h1-8,15,17H,9H2,(H,18,19,20);1-5,8H,7H2. The number of hydrogen-bond donors (Lipinski definition) is 3. The van der Waals surface area contributed by atoms with Gasteiger partial charge in [0.15, 0.2) is 0 Å². The van der Waals surface area contributed by atoms with Gasteiger partial charge in [-0.05, 0) is 29.3 Å². The molecule has 0 aliphatic heterocycles. The molecule has 29 heavy (non-hydrogen) atoms. The van der Waals surface area contributed by atoms with Gasteiger partial charge in [-0.25, -0.2) is 13.8 Å². The van der Waals surface area contributed by atoms with Crippen LogP contribution in [-0.2, 0) is 16.5 Å². The molecule has 1 aliphatic carbocycles. The summed E-state index contributed by atoms with van der Waals surface area (Å²) in [5.74, 6) is 3.51. The Kier molecular flexibility index (Phi) is 5.10. The quantitative estimate of drug-likeness (QED) is 0.350. The number of aromatic amines is 1. The Hall–Kier alpha value is -3.13. The van der Waals surface area contributed by atoms with Gasteiger partial charge in [-0.15, -0.1) is 0 Å². The molecule has 0 saturated heterocycles. The smallest absolute Gasteiger partial charge is 0.102 e. The number of benzene rings is 3. The number of H-pyrrole nitrogens is 1. The summed E-state index contributed by atoms with van der Waals surface area (Å²) in [5, 5.41) is 0.0379. The molecular weight excluding hydrogens is 386 g/mol. The van der Waals surface area contributed by atoms with E-state index >= 15 is 0 Å². The van der Waals surface area contributed by atoms with Gasteiger partial charge in [-0.2, -0.15) is 0 Å². The Bertz CT molecular complexity index is 1250. The number of anilines is 1. The van der Waals surface area contributed by atoms with E-state index in [-0.39, 0.29) is 6.42 Å². The van der Waals surface area contributed by atoms with E-state index in [9.17, 15) is 13.0 Å². The Balaban J connectivity index is 0.000000216. The Labute approximate surface area is 169 Å². The van der Waals surface area contributed by atoms with Gasteiger partial charge in [0.1, 0.15) is 10.1 Å². The molecule has 0 fully saturated rings. The molecule has 148 valence electrons. The number of fused-ring (bicyclic) bond motifs is 5. The molecule has 1 aliphatic rings. The second-order valence-corrected chi connectivity index (χ2v) is 8.39. The van der Waals surface area contributed by atoms with E-state index in [0.717, 1.165) is 33.4 Å². The normalized spacial score (nSPS) is 15.0. The average molecular weight is 407 g/mol. The minimum Gasteiger partial charge on any atom is -0.747 e. The molecule has 6 nitrogen and oxygen atoms in total. The molecular formula is C22H21N3O3S. The molecule has 0 amide bonds. The zero-order valence-electron chi connectivity index (χ0n) is 15.6. The van der Waals surface area contributed by atoms with Crippen LogP contribution in [0.1, 0.15) is 16.5 Å². The summed E-state index contributed by atoms with van der Waals surface area (Å²) in [6.45, 7) is 0. The van der Waals surface area contributed by atoms with Crippen molar-refractivity contribution in [1.82, 2.24) is 4.98 Å². The van der Waals surface area contributed by atoms with Gasteiger partial charge in [-0.1, -0.05) is 60.7 Å². The van der Waals surface area contributed by atoms with Crippen LogP contribution in [0, 0.1) is 0 Å². The van der Waals surface area contributed by atoms with Crippen LogP contribution in [0.15, 0.2) is 78.9 Å². The average Bonchev–Trinajstić information content (AvgIpc) is 3.12. The Morgan fingerprint density at radius 3 is 2.28 bits per heavy atom. The molecule has 0 spiro atoms. The van der Waals surface area contributed by atoms with Gasteiger partial charge >= 0.3 is 0 Å². The lowest BCUT2D eigenvalue weighted by atomic mass is 9.88. The molecule has 5 rings (SSSR count). The van der Waals surface area contributed by atoms with Crippen molar-refractivity contribution in [3.05, 3.63) is 90.1 Å². The summed E-state index contributed by atoms with van der Waals surface area (Å²) in [7, 11) is -4.39. The highest BCUT2D eigenvalue weighted by molar-refractivity contribution is 7.86. The van der Waals surface area contributed by atoms with Crippen LogP contribution in [-0.4, -0.2) is 18.0 Å². The van der Waals surface area contributed by atoms with Gasteiger partial charge in [0.25, 0.3) is 0 Å². The largest absolute Gasteiger partial charge is 0.747 e. The highest BCUT2D eigenvalue weighted by Gasteiger charge is 2.31. The van der Waals surface area contributed by atoms with Crippen molar-refractivity contribution in [2.45, 2.75) is 11.7 Å². The van der Waals surface area contributed by atoms with E-state index in [4.69, 9.17) is 0 Å². The van der Waals surface area contributed by atoms with Crippen LogP contribution < -0.4 is 11.3 Å². The fourth-order valence-electron chi connectivity index (χ4n) is 3.77. The molecule has 0 bridgehead atoms. The van der Waals surface area contributed by atoms with Crippen molar-refractivity contribution >= 4 is 26.7 Å². The molecule has 5 N–H and O–H groups in total. The van der Waals surface area contributed by atoms with Crippen LogP contribution >= 0.6 is 0 Å². The first-order valence-corrected chi connectivity index (χ1v) is 10.7. The summed E-state index contributed by atoms with van der Waals surface area (Å²) < 4.78 is 34.8. The molecule has 1 atom stereocenters. The first kappa shape index (κ1) is 19.2. The number of nitrogens with one attached hydrogen (secondary N) is 2. The van der Waals surface area contributed by atoms with E-state index in [1.54, 1.807) is 12.1 Å². The molecule has 7 heteroatoms. The minimum absolute atomic E-state index is 0.201. The highest BCUT2D eigenvalue weighted by Crippen LogP contribution is 2.44. The van der Waals surface area contributed by atoms with Crippen molar-refractivity contribution < 1.29 is 18.8 Å². The number of quaternary nitrogens is 1. The topological polar surface area (TPSA) is 113 Å². The molecule has 1 unspecified atom stereocenters. The van der Waals surface area contributed by atoms with Gasteiger partial charge in [0.05, 0.1) is 10.9 Å². The van der Waals surface area contributed by atoms with Crippen molar-refractivity contribution in [2.75, 3.05) is 5.43 Å². The van der Waals surface area contributed by atoms with Gasteiger partial charge < -0.3 is 9.54 Å². The summed E-state index contributed by atoms with van der Waals surface area (Å²) in [6, 6.07) is 24.9. The SMILES string of the molecule is O=S(=O)([O-])C1Cc2[nH]c3ccccc3c2-c2ccccc21.[NH3+]Nc1ccccc1. The maximum absolute atomic E-state index is 11.6. The summed E-state index contributed by atoms with van der Waals surface area (Å²) in [4.78, 5) is 3.26. The second-order valence-electron chi connectivity index (χ2n) is 6.84. The predicted octanol–water partition coefficient (Wildman–Crippen LogP) is 3.23. The second kappa shape index (κ2) is 7.71. The number of aromatic nitrogens is 1. The summed E-state index contributed by atoms with van der Waals surface area (Å²) in [5.41, 5.74) is 8.05. The van der Waals surface area contributed by atoms with Crippen molar-refractivity contribution in [2.24, 2.45) is 0 Å². The molecule has 0 radical (unpaired) electrons. The number of rotatable bonds is 2. The molecule has 3 aromatic carbocycles. The fraction of sp³-hybridized carbons (Fsp3) is 0.0909. The van der Waals surface area contributed by atoms with Gasteiger partial charge in [0.2, 0.25) is 0 Å². The molecule has 1 aromatic heterocycles. The van der Waals surface area contributed by atoms with Crippen molar-refractivity contribution in [1.29, 1.82) is 0 Å². The van der Waals surface area contributed by atoms with E-state index in [1.165, 1.54) is 0 Å². The monoisotopic (exact) mass is 407 g/mol. The lowest BCUT2D eigenvalue weighted by molar-refractivity contribution is -0.325. The summed E-state index contributed by atoms with van der Waals surface area (Å²) in [6.07, 6.45) is 0.201. The van der Waals surface area contributed by atoms with Crippen LogP contribution in [0.5, 0.6) is 0 Å². The van der Waals surface area contributed by atoms with Crippen molar-refractivity contribution in [3.63, 3.8) is 0 Å². The van der Waals surface area contributed by atoms with Gasteiger partial charge in [-0.3, -0.25) is 5.84 Å². The zero-order valence-corrected chi connectivity index (χ0v) is 16.4. The first-order chi connectivity index (χ1) is 14.0. The van der Waals surface area contributed by atoms with E-state index in [2.05, 4.69) is 16.3 Å². The summed E-state index contributed by atoms with van der Waals surface area (Å²) >= 11 is 0. The maximum atomic E-state index is 11.6. The number of hydrogen-bond acceptors (Lipinski definition) is 4. The van der Waals surface area contributed by atoms with E-state index in [0.29, 0.717) is 5.56 Å². The highest BCUT2D eigenvalue weighted by atomic mass is 32.2. The zero-order chi connectivity index (χ0) is 20.4. The van der Waals surface area contributed by atoms with Crippen LogP contribution in [0.3, 0.4) is 0 Å². The van der Waals surface area contributed by atoms with Crippen molar-refractivity contribution in [3.8, 4) is 11.1 Å². The molecule has 4 aromatic rings. The third-order valence-corrected chi connectivity index (χ3v) is 6.19. The van der Waals surface area contributed by atoms with E-state index in [1.807, 2.05) is 66.7 Å². The first-order valence-electron chi connectivity index (χ1n) is 9.21. The maximum Gasteiger partial charge on any atom is 0.102 e. The lowest BCUT2D eigenvalue weighted by Crippen LogP contribution is -2.56. The minimum atomic E-state index is -4.39. The van der Waals surface area contributed by atoms with Crippen LogP contribution in [0.25, 0.3) is 22.0 Å². The molecule has 1 heterocycles.